The van der Waals surface area contributed by atoms with Crippen molar-refractivity contribution >= 4 is 0 Å². The number of hydrogen-bond acceptors (Lipinski definition) is 3. The molecule has 37 heavy (non-hydrogen) atoms. The molecule has 3 nitrogen and oxygen atoms in total. The molecule has 196 valence electrons. The summed E-state index contributed by atoms with van der Waals surface area (Å²) in [6.45, 7) is 6.88. The van der Waals surface area contributed by atoms with Crippen molar-refractivity contribution in [1.82, 2.24) is 0 Å². The van der Waals surface area contributed by atoms with Crippen molar-refractivity contribution in [2.24, 2.45) is 5.92 Å². The van der Waals surface area contributed by atoms with Crippen LogP contribution in [0.1, 0.15) is 50.5 Å². The number of hydrogen-bond donors (Lipinski definition) is 0. The van der Waals surface area contributed by atoms with Gasteiger partial charge in [0.05, 0.1) is 19.8 Å². The third-order valence-corrected chi connectivity index (χ3v) is 6.84. The predicted octanol–water partition coefficient (Wildman–Crippen LogP) is 8.48. The van der Waals surface area contributed by atoms with Crippen LogP contribution in [0.25, 0.3) is 11.1 Å². The fourth-order valence-electron chi connectivity index (χ4n) is 4.79. The van der Waals surface area contributed by atoms with E-state index in [2.05, 4.69) is 6.58 Å². The topological polar surface area (TPSA) is 27.7 Å². The van der Waals surface area contributed by atoms with Gasteiger partial charge in [-0.1, -0.05) is 30.3 Å². The van der Waals surface area contributed by atoms with Crippen LogP contribution in [-0.2, 0) is 0 Å². The monoisotopic (exact) mass is 510 g/mol. The molecule has 0 unspecified atom stereocenters. The molecule has 0 aliphatic heterocycles. The second-order valence-electron chi connectivity index (χ2n) is 9.33. The Morgan fingerprint density at radius 3 is 2.24 bits per heavy atom. The van der Waals surface area contributed by atoms with Crippen LogP contribution in [0.15, 0.2) is 67.3 Å². The van der Waals surface area contributed by atoms with E-state index in [4.69, 9.17) is 14.2 Å². The molecule has 3 aromatic carbocycles. The van der Waals surface area contributed by atoms with Crippen LogP contribution in [0.2, 0.25) is 0 Å². The summed E-state index contributed by atoms with van der Waals surface area (Å²) in [4.78, 5) is 0. The fourth-order valence-corrected chi connectivity index (χ4v) is 4.79. The first-order chi connectivity index (χ1) is 18.0. The standard InChI is InChI=1S/C31H33F3O3/c1-3-5-18-36-29-17-14-25(19-28(29)32)37-20-21-6-8-22(9-7-21)26-15-16-27(31(34)30(26)33)23-10-12-24(13-11-23)35-4-2/h3,10-17,19,21-22H,1,4-9,18,20H2,2H3. The maximum Gasteiger partial charge on any atom is 0.168 e. The summed E-state index contributed by atoms with van der Waals surface area (Å²) in [5, 5.41) is 0. The average Bonchev–Trinajstić information content (AvgIpc) is 2.91. The second-order valence-corrected chi connectivity index (χ2v) is 9.33. The zero-order valence-electron chi connectivity index (χ0n) is 21.2. The summed E-state index contributed by atoms with van der Waals surface area (Å²) in [6, 6.07) is 15.0. The normalized spacial score (nSPS) is 17.3. The Bertz CT molecular complexity index is 1190. The highest BCUT2D eigenvalue weighted by atomic mass is 19.2. The molecule has 0 aromatic heterocycles. The average molecular weight is 511 g/mol. The van der Waals surface area contributed by atoms with Gasteiger partial charge in [0.1, 0.15) is 11.5 Å². The van der Waals surface area contributed by atoms with Crippen molar-refractivity contribution in [2.75, 3.05) is 19.8 Å². The van der Waals surface area contributed by atoms with E-state index in [1.54, 1.807) is 54.6 Å². The Balaban J connectivity index is 1.31. The molecule has 0 saturated heterocycles. The third kappa shape index (κ3) is 6.68. The van der Waals surface area contributed by atoms with Gasteiger partial charge in [-0.05, 0) is 86.3 Å². The zero-order chi connectivity index (χ0) is 26.2. The van der Waals surface area contributed by atoms with Crippen LogP contribution in [0.4, 0.5) is 13.2 Å². The van der Waals surface area contributed by atoms with Crippen LogP contribution in [-0.4, -0.2) is 19.8 Å². The molecule has 1 saturated carbocycles. The molecule has 0 heterocycles. The van der Waals surface area contributed by atoms with E-state index < -0.39 is 17.5 Å². The number of ether oxygens (including phenoxy) is 3. The van der Waals surface area contributed by atoms with Gasteiger partial charge in [-0.3, -0.25) is 0 Å². The van der Waals surface area contributed by atoms with Crippen molar-refractivity contribution in [2.45, 2.75) is 44.9 Å². The van der Waals surface area contributed by atoms with Crippen LogP contribution < -0.4 is 14.2 Å². The van der Waals surface area contributed by atoms with Crippen molar-refractivity contribution in [3.05, 3.63) is 90.3 Å². The van der Waals surface area contributed by atoms with Gasteiger partial charge in [-0.2, -0.15) is 0 Å². The minimum atomic E-state index is -0.814. The molecule has 0 amide bonds. The van der Waals surface area contributed by atoms with E-state index in [-0.39, 0.29) is 23.1 Å². The van der Waals surface area contributed by atoms with E-state index in [1.807, 2.05) is 6.92 Å². The number of benzene rings is 3. The molecule has 0 radical (unpaired) electrons. The molecule has 4 rings (SSSR count). The van der Waals surface area contributed by atoms with Gasteiger partial charge in [0, 0.05) is 11.6 Å². The predicted molar refractivity (Wildman–Crippen MR) is 140 cm³/mol. The number of rotatable bonds is 11. The van der Waals surface area contributed by atoms with Crippen molar-refractivity contribution in [3.8, 4) is 28.4 Å². The van der Waals surface area contributed by atoms with Gasteiger partial charge >= 0.3 is 0 Å². The molecule has 3 aromatic rings. The summed E-state index contributed by atoms with van der Waals surface area (Å²) in [6.07, 6.45) is 5.51. The Labute approximate surface area is 216 Å². The molecule has 0 bridgehead atoms. The molecule has 1 aliphatic carbocycles. The molecule has 1 aliphatic rings. The highest BCUT2D eigenvalue weighted by Gasteiger charge is 2.27. The lowest BCUT2D eigenvalue weighted by Crippen LogP contribution is -2.20. The van der Waals surface area contributed by atoms with Crippen LogP contribution >= 0.6 is 0 Å². The maximum absolute atomic E-state index is 15.1. The van der Waals surface area contributed by atoms with Crippen molar-refractivity contribution < 1.29 is 27.4 Å². The first kappa shape index (κ1) is 26.6. The molecule has 0 spiro atoms. The summed E-state index contributed by atoms with van der Waals surface area (Å²) < 4.78 is 61.0. The molecule has 6 heteroatoms. The first-order valence-electron chi connectivity index (χ1n) is 12.9. The smallest absolute Gasteiger partial charge is 0.168 e. The van der Waals surface area contributed by atoms with Gasteiger partial charge in [-0.25, -0.2) is 13.2 Å². The molecule has 0 atom stereocenters. The van der Waals surface area contributed by atoms with E-state index >= 15 is 8.78 Å². The molecule has 1 fully saturated rings. The lowest BCUT2D eigenvalue weighted by atomic mass is 9.78. The summed E-state index contributed by atoms with van der Waals surface area (Å²) in [5.41, 5.74) is 1.29. The van der Waals surface area contributed by atoms with Crippen molar-refractivity contribution in [3.63, 3.8) is 0 Å². The largest absolute Gasteiger partial charge is 0.494 e. The summed E-state index contributed by atoms with van der Waals surface area (Å²) >= 11 is 0. The zero-order valence-corrected chi connectivity index (χ0v) is 21.2. The quantitative estimate of drug-likeness (QED) is 0.191. The summed E-state index contributed by atoms with van der Waals surface area (Å²) in [7, 11) is 0. The maximum atomic E-state index is 15.1. The number of halogens is 3. The highest BCUT2D eigenvalue weighted by molar-refractivity contribution is 5.65. The van der Waals surface area contributed by atoms with Gasteiger partial charge in [0.15, 0.2) is 23.2 Å². The Morgan fingerprint density at radius 1 is 0.838 bits per heavy atom. The highest BCUT2D eigenvalue weighted by Crippen LogP contribution is 2.39. The van der Waals surface area contributed by atoms with Gasteiger partial charge in [-0.15, -0.1) is 6.58 Å². The van der Waals surface area contributed by atoms with E-state index in [9.17, 15) is 4.39 Å². The fraction of sp³-hybridized carbons (Fsp3) is 0.355. The lowest BCUT2D eigenvalue weighted by molar-refractivity contribution is 0.198. The summed E-state index contributed by atoms with van der Waals surface area (Å²) in [5.74, 6) is -0.464. The second kappa shape index (κ2) is 12.7. The Morgan fingerprint density at radius 2 is 1.57 bits per heavy atom. The molecular formula is C31H33F3O3. The first-order valence-corrected chi connectivity index (χ1v) is 12.9. The minimum Gasteiger partial charge on any atom is -0.494 e. The minimum absolute atomic E-state index is 0.0374. The lowest BCUT2D eigenvalue weighted by Gasteiger charge is -2.29. The van der Waals surface area contributed by atoms with Gasteiger partial charge < -0.3 is 14.2 Å². The van der Waals surface area contributed by atoms with Crippen molar-refractivity contribution in [1.29, 1.82) is 0 Å². The van der Waals surface area contributed by atoms with E-state index in [1.165, 1.54) is 6.07 Å². The van der Waals surface area contributed by atoms with E-state index in [0.29, 0.717) is 48.9 Å². The Hall–Kier alpha value is -3.41. The third-order valence-electron chi connectivity index (χ3n) is 6.84. The Kier molecular flexibility index (Phi) is 9.15. The van der Waals surface area contributed by atoms with Gasteiger partial charge in [0.2, 0.25) is 0 Å². The molecular weight excluding hydrogens is 477 g/mol. The van der Waals surface area contributed by atoms with Crippen LogP contribution in [0, 0.1) is 23.4 Å². The van der Waals surface area contributed by atoms with Crippen LogP contribution in [0.3, 0.4) is 0 Å². The van der Waals surface area contributed by atoms with Crippen LogP contribution in [0.5, 0.6) is 17.2 Å². The molecule has 0 N–H and O–H groups in total. The SMILES string of the molecule is C=CCCOc1ccc(OCC2CCC(c3ccc(-c4ccc(OCC)cc4)c(F)c3F)CC2)cc1F. The van der Waals surface area contributed by atoms with Gasteiger partial charge in [0.25, 0.3) is 0 Å². The van der Waals surface area contributed by atoms with E-state index in [0.717, 1.165) is 25.7 Å².